The minimum atomic E-state index is -0.513. The zero-order valence-corrected chi connectivity index (χ0v) is 25.3. The lowest BCUT2D eigenvalue weighted by atomic mass is 10.1. The number of ether oxygens (including phenoxy) is 2. The molecule has 0 aliphatic heterocycles. The summed E-state index contributed by atoms with van der Waals surface area (Å²) < 4.78 is 26.8. The normalized spacial score (nSPS) is 10.6. The predicted molar refractivity (Wildman–Crippen MR) is 170 cm³/mol. The molecule has 0 spiro atoms. The van der Waals surface area contributed by atoms with Crippen LogP contribution in [0.2, 0.25) is 0 Å². The first kappa shape index (κ1) is 31.4. The Hall–Kier alpha value is -6.02. The summed E-state index contributed by atoms with van der Waals surface area (Å²) in [5.74, 6) is -0.901. The topological polar surface area (TPSA) is 131 Å². The Bertz CT molecular complexity index is 1900. The molecule has 10 nitrogen and oxygen atoms in total. The van der Waals surface area contributed by atoms with Crippen molar-refractivity contribution in [2.45, 2.75) is 33.0 Å². The summed E-state index contributed by atoms with van der Waals surface area (Å²) in [6.45, 7) is 3.19. The number of nitriles is 1. The molecule has 0 unspecified atom stereocenters. The van der Waals surface area contributed by atoms with E-state index in [1.165, 1.54) is 25.3 Å². The number of methoxy groups -OCH3 is 1. The summed E-state index contributed by atoms with van der Waals surface area (Å²) in [4.78, 5) is 34.0. The highest BCUT2D eigenvalue weighted by molar-refractivity contribution is 5.98. The maximum absolute atomic E-state index is 14.2. The van der Waals surface area contributed by atoms with Gasteiger partial charge in [0.15, 0.2) is 0 Å². The lowest BCUT2D eigenvalue weighted by Gasteiger charge is -2.15. The molecule has 0 aliphatic carbocycles. The van der Waals surface area contributed by atoms with Crippen molar-refractivity contribution >= 4 is 23.3 Å². The van der Waals surface area contributed by atoms with Crippen molar-refractivity contribution in [2.75, 3.05) is 17.7 Å². The Labute approximate surface area is 265 Å². The minimum absolute atomic E-state index is 0.0336. The minimum Gasteiger partial charge on any atom is -0.473 e. The number of nitrogens with one attached hydrogen (secondary N) is 2. The number of esters is 1. The molecule has 2 aromatic heterocycles. The van der Waals surface area contributed by atoms with Gasteiger partial charge in [0.05, 0.1) is 66.4 Å². The molecule has 0 saturated carbocycles. The van der Waals surface area contributed by atoms with Gasteiger partial charge >= 0.3 is 5.97 Å². The van der Waals surface area contributed by atoms with Crippen LogP contribution in [0.25, 0.3) is 11.3 Å². The first-order valence-electron chi connectivity index (χ1n) is 14.5. The summed E-state index contributed by atoms with van der Waals surface area (Å²) in [6.07, 6.45) is 3.63. The average molecular weight is 619 g/mol. The van der Waals surface area contributed by atoms with Crippen LogP contribution in [0.15, 0.2) is 91.4 Å². The highest BCUT2D eigenvalue weighted by atomic mass is 19.1. The maximum Gasteiger partial charge on any atom is 0.337 e. The zero-order chi connectivity index (χ0) is 32.5. The SMILES string of the molecule is CCn1cncc1CNc1cc(C(=O)OC)ccc1NC(=O)Cc1ccc(-c2cccc(OCc3ccc(C#N)cc3F)n2)cc1. The molecular formula is C35H31FN6O4. The van der Waals surface area contributed by atoms with Crippen LogP contribution < -0.4 is 15.4 Å². The second-order valence-corrected chi connectivity index (χ2v) is 10.3. The predicted octanol–water partition coefficient (Wildman–Crippen LogP) is 6.13. The molecule has 0 bridgehead atoms. The molecule has 2 heterocycles. The number of rotatable bonds is 12. The Morgan fingerprint density at radius 3 is 2.59 bits per heavy atom. The van der Waals surface area contributed by atoms with E-state index in [0.29, 0.717) is 40.6 Å². The van der Waals surface area contributed by atoms with E-state index >= 15 is 0 Å². The Morgan fingerprint density at radius 1 is 1.02 bits per heavy atom. The smallest absolute Gasteiger partial charge is 0.337 e. The van der Waals surface area contributed by atoms with Crippen LogP contribution in [-0.2, 0) is 35.6 Å². The number of carbonyl (C=O) groups excluding carboxylic acids is 2. The summed E-state index contributed by atoms with van der Waals surface area (Å²) in [7, 11) is 1.32. The quantitative estimate of drug-likeness (QED) is 0.160. The van der Waals surface area contributed by atoms with Gasteiger partial charge in [-0.2, -0.15) is 5.26 Å². The van der Waals surface area contributed by atoms with Gasteiger partial charge in [-0.3, -0.25) is 4.79 Å². The molecule has 5 aromatic rings. The Kier molecular flexibility index (Phi) is 9.99. The van der Waals surface area contributed by atoms with Crippen LogP contribution in [0.4, 0.5) is 15.8 Å². The molecule has 2 N–H and O–H groups in total. The second kappa shape index (κ2) is 14.6. The van der Waals surface area contributed by atoms with E-state index in [1.807, 2.05) is 47.9 Å². The standard InChI is InChI=1S/C35H31FN6O4/c1-3-42-22-38-19-28(42)20-39-32-17-26(35(44)45-2)13-14-31(32)40-33(43)16-23-7-10-25(11-8-23)30-5-4-6-34(41-30)46-21-27-12-9-24(18-37)15-29(27)36/h4-15,17,19,22,39H,3,16,20-21H2,1-2H3,(H,40,43). The molecule has 46 heavy (non-hydrogen) atoms. The Morgan fingerprint density at radius 2 is 1.85 bits per heavy atom. The van der Waals surface area contributed by atoms with E-state index in [4.69, 9.17) is 14.7 Å². The number of pyridine rings is 1. The Balaban J connectivity index is 1.23. The van der Waals surface area contributed by atoms with Crippen molar-refractivity contribution in [1.29, 1.82) is 5.26 Å². The van der Waals surface area contributed by atoms with Gasteiger partial charge in [-0.05, 0) is 48.9 Å². The van der Waals surface area contributed by atoms with Gasteiger partial charge in [0.2, 0.25) is 11.8 Å². The van der Waals surface area contributed by atoms with E-state index in [1.54, 1.807) is 42.9 Å². The summed E-state index contributed by atoms with van der Waals surface area (Å²) in [5.41, 5.74) is 5.23. The number of imidazole rings is 1. The van der Waals surface area contributed by atoms with Gasteiger partial charge < -0.3 is 24.7 Å². The van der Waals surface area contributed by atoms with Crippen molar-refractivity contribution in [3.05, 3.63) is 125 Å². The third-order valence-electron chi connectivity index (χ3n) is 7.21. The van der Waals surface area contributed by atoms with E-state index in [-0.39, 0.29) is 24.5 Å². The number of anilines is 2. The molecule has 5 rings (SSSR count). The largest absolute Gasteiger partial charge is 0.473 e. The van der Waals surface area contributed by atoms with Gasteiger partial charge in [-0.15, -0.1) is 0 Å². The summed E-state index contributed by atoms with van der Waals surface area (Å²) in [6, 6.07) is 23.8. The van der Waals surface area contributed by atoms with Gasteiger partial charge in [0.25, 0.3) is 0 Å². The van der Waals surface area contributed by atoms with E-state index in [2.05, 4.69) is 20.6 Å². The number of hydrogen-bond acceptors (Lipinski definition) is 8. The third-order valence-corrected chi connectivity index (χ3v) is 7.21. The molecule has 1 amide bonds. The molecule has 0 saturated heterocycles. The van der Waals surface area contributed by atoms with Crippen LogP contribution >= 0.6 is 0 Å². The molecule has 3 aromatic carbocycles. The van der Waals surface area contributed by atoms with Crippen LogP contribution in [0.1, 0.15) is 39.7 Å². The molecule has 232 valence electrons. The van der Waals surface area contributed by atoms with Crippen molar-refractivity contribution in [2.24, 2.45) is 0 Å². The molecule has 0 aliphatic rings. The van der Waals surface area contributed by atoms with Crippen LogP contribution in [0.3, 0.4) is 0 Å². The lowest BCUT2D eigenvalue weighted by Crippen LogP contribution is -2.17. The lowest BCUT2D eigenvalue weighted by molar-refractivity contribution is -0.115. The fraction of sp³-hybridized carbons (Fsp3) is 0.171. The summed E-state index contributed by atoms with van der Waals surface area (Å²) in [5, 5.41) is 15.2. The number of hydrogen-bond donors (Lipinski definition) is 2. The maximum atomic E-state index is 14.2. The first-order valence-corrected chi connectivity index (χ1v) is 14.5. The van der Waals surface area contributed by atoms with Crippen molar-refractivity contribution in [3.63, 3.8) is 0 Å². The number of aromatic nitrogens is 3. The third kappa shape index (κ3) is 7.73. The summed E-state index contributed by atoms with van der Waals surface area (Å²) >= 11 is 0. The molecular weight excluding hydrogens is 587 g/mol. The number of nitrogens with zero attached hydrogens (tertiary/aromatic N) is 4. The van der Waals surface area contributed by atoms with Crippen LogP contribution in [0.5, 0.6) is 5.88 Å². The average Bonchev–Trinajstić information content (AvgIpc) is 3.55. The van der Waals surface area contributed by atoms with Gasteiger partial charge in [0.1, 0.15) is 12.4 Å². The number of carbonyl (C=O) groups is 2. The molecule has 0 atom stereocenters. The fourth-order valence-electron chi connectivity index (χ4n) is 4.72. The van der Waals surface area contributed by atoms with Crippen molar-refractivity contribution in [1.82, 2.24) is 14.5 Å². The van der Waals surface area contributed by atoms with Crippen LogP contribution in [0, 0.1) is 17.1 Å². The van der Waals surface area contributed by atoms with E-state index in [0.717, 1.165) is 23.4 Å². The van der Waals surface area contributed by atoms with Gasteiger partial charge in [0, 0.05) is 29.9 Å². The molecule has 11 heteroatoms. The molecule has 0 radical (unpaired) electrons. The highest BCUT2D eigenvalue weighted by Gasteiger charge is 2.14. The highest BCUT2D eigenvalue weighted by Crippen LogP contribution is 2.26. The molecule has 0 fully saturated rings. The van der Waals surface area contributed by atoms with Crippen molar-refractivity contribution < 1.29 is 23.5 Å². The van der Waals surface area contributed by atoms with Crippen LogP contribution in [-0.4, -0.2) is 33.5 Å². The number of benzene rings is 3. The van der Waals surface area contributed by atoms with Crippen molar-refractivity contribution in [3.8, 4) is 23.2 Å². The van der Waals surface area contributed by atoms with E-state index in [9.17, 15) is 14.0 Å². The fourth-order valence-corrected chi connectivity index (χ4v) is 4.72. The zero-order valence-electron chi connectivity index (χ0n) is 25.3. The van der Waals surface area contributed by atoms with E-state index < -0.39 is 11.8 Å². The second-order valence-electron chi connectivity index (χ2n) is 10.3. The number of halogens is 1. The number of aryl methyl sites for hydroxylation is 1. The van der Waals surface area contributed by atoms with Gasteiger partial charge in [-0.1, -0.05) is 36.4 Å². The number of amides is 1. The van der Waals surface area contributed by atoms with Gasteiger partial charge in [-0.25, -0.2) is 19.2 Å². The first-order chi connectivity index (χ1) is 22.4. The monoisotopic (exact) mass is 618 g/mol.